The lowest BCUT2D eigenvalue weighted by Crippen LogP contribution is -2.28. The topological polar surface area (TPSA) is 51.4 Å². The molecule has 5 nitrogen and oxygen atoms in total. The zero-order valence-corrected chi connectivity index (χ0v) is 14.5. The Hall–Kier alpha value is -2.82. The summed E-state index contributed by atoms with van der Waals surface area (Å²) in [4.78, 5) is 6.89. The molecular weight excluding hydrogens is 314 g/mol. The predicted octanol–water partition coefficient (Wildman–Crippen LogP) is 4.01. The molecule has 2 heterocycles. The van der Waals surface area contributed by atoms with Gasteiger partial charge in [0.25, 0.3) is 0 Å². The Morgan fingerprint density at radius 3 is 2.96 bits per heavy atom. The highest BCUT2D eigenvalue weighted by Crippen LogP contribution is 2.30. The lowest BCUT2D eigenvalue weighted by Gasteiger charge is -2.30. The summed E-state index contributed by atoms with van der Waals surface area (Å²) < 4.78 is 10.9. The molecule has 2 aromatic carbocycles. The molecule has 3 aromatic rings. The molecule has 0 radical (unpaired) electrons. The molecule has 0 aliphatic carbocycles. The van der Waals surface area contributed by atoms with Gasteiger partial charge in [0.15, 0.2) is 0 Å². The molecular formula is C20H21N3O2. The quantitative estimate of drug-likeness (QED) is 0.721. The second-order valence-corrected chi connectivity index (χ2v) is 6.37. The maximum absolute atomic E-state index is 5.50. The minimum atomic E-state index is 0.564. The third kappa shape index (κ3) is 3.09. The highest BCUT2D eigenvalue weighted by Gasteiger charge is 2.20. The number of methoxy groups -OCH3 is 1. The third-order valence-corrected chi connectivity index (χ3v) is 4.59. The molecule has 0 bridgehead atoms. The number of fused-ring (bicyclic) bond motifs is 1. The number of ether oxygens (including phenoxy) is 1. The van der Waals surface area contributed by atoms with Crippen LogP contribution in [-0.2, 0) is 13.0 Å². The fraction of sp³-hybridized carbons (Fsp3) is 0.300. The smallest absolute Gasteiger partial charge is 0.246 e. The molecule has 0 saturated carbocycles. The van der Waals surface area contributed by atoms with Crippen LogP contribution in [0.15, 0.2) is 47.0 Å². The highest BCUT2D eigenvalue weighted by atomic mass is 16.5. The van der Waals surface area contributed by atoms with Crippen molar-refractivity contribution >= 4 is 5.69 Å². The predicted molar refractivity (Wildman–Crippen MR) is 96.8 cm³/mol. The molecule has 25 heavy (non-hydrogen) atoms. The van der Waals surface area contributed by atoms with Crippen molar-refractivity contribution in [2.75, 3.05) is 18.6 Å². The monoisotopic (exact) mass is 335 g/mol. The summed E-state index contributed by atoms with van der Waals surface area (Å²) in [7, 11) is 1.65. The van der Waals surface area contributed by atoms with Gasteiger partial charge in [0, 0.05) is 12.2 Å². The summed E-state index contributed by atoms with van der Waals surface area (Å²) in [5, 5.41) is 4.14. The van der Waals surface area contributed by atoms with Gasteiger partial charge in [-0.1, -0.05) is 35.0 Å². The molecule has 1 aromatic heterocycles. The number of aromatic nitrogens is 2. The summed E-state index contributed by atoms with van der Waals surface area (Å²) >= 11 is 0. The SMILES string of the molecule is COc1ccccc1-c1noc(CN2CCCc3cc(C)ccc32)n1. The first kappa shape index (κ1) is 15.7. The average Bonchev–Trinajstić information content (AvgIpc) is 3.10. The number of rotatable bonds is 4. The first-order valence-electron chi connectivity index (χ1n) is 8.55. The van der Waals surface area contributed by atoms with Crippen LogP contribution in [0, 0.1) is 6.92 Å². The zero-order valence-electron chi connectivity index (χ0n) is 14.5. The Balaban J connectivity index is 1.59. The van der Waals surface area contributed by atoms with Gasteiger partial charge in [0.1, 0.15) is 5.75 Å². The standard InChI is InChI=1S/C20H21N3O2/c1-14-9-10-17-15(12-14)6-5-11-23(17)13-19-21-20(22-25-19)16-7-3-4-8-18(16)24-2/h3-4,7-10,12H,5-6,11,13H2,1-2H3. The van der Waals surface area contributed by atoms with Gasteiger partial charge < -0.3 is 14.2 Å². The van der Waals surface area contributed by atoms with E-state index in [9.17, 15) is 0 Å². The number of nitrogens with zero attached hydrogens (tertiary/aromatic N) is 3. The largest absolute Gasteiger partial charge is 0.496 e. The van der Waals surface area contributed by atoms with Crippen LogP contribution >= 0.6 is 0 Å². The summed E-state index contributed by atoms with van der Waals surface area (Å²) in [5.41, 5.74) is 4.82. The Morgan fingerprint density at radius 2 is 2.08 bits per heavy atom. The maximum Gasteiger partial charge on any atom is 0.246 e. The minimum Gasteiger partial charge on any atom is -0.496 e. The Bertz CT molecular complexity index is 888. The van der Waals surface area contributed by atoms with Crippen LogP contribution < -0.4 is 9.64 Å². The molecule has 0 atom stereocenters. The van der Waals surface area contributed by atoms with E-state index in [4.69, 9.17) is 9.26 Å². The average molecular weight is 335 g/mol. The van der Waals surface area contributed by atoms with E-state index < -0.39 is 0 Å². The molecule has 0 fully saturated rings. The molecule has 0 unspecified atom stereocenters. The fourth-order valence-electron chi connectivity index (χ4n) is 3.39. The highest BCUT2D eigenvalue weighted by molar-refractivity contribution is 5.63. The molecule has 0 N–H and O–H groups in total. The normalized spacial score (nSPS) is 13.6. The first-order valence-corrected chi connectivity index (χ1v) is 8.55. The second-order valence-electron chi connectivity index (χ2n) is 6.37. The van der Waals surface area contributed by atoms with E-state index in [0.717, 1.165) is 30.7 Å². The van der Waals surface area contributed by atoms with Gasteiger partial charge in [-0.25, -0.2) is 0 Å². The molecule has 0 amide bonds. The van der Waals surface area contributed by atoms with Crippen molar-refractivity contribution in [3.63, 3.8) is 0 Å². The van der Waals surface area contributed by atoms with Gasteiger partial charge >= 0.3 is 0 Å². The fourth-order valence-corrected chi connectivity index (χ4v) is 3.39. The van der Waals surface area contributed by atoms with E-state index in [2.05, 4.69) is 40.2 Å². The molecule has 5 heteroatoms. The molecule has 4 rings (SSSR count). The van der Waals surface area contributed by atoms with Crippen molar-refractivity contribution in [3.05, 3.63) is 59.5 Å². The molecule has 0 spiro atoms. The summed E-state index contributed by atoms with van der Waals surface area (Å²) in [6, 6.07) is 14.3. The van der Waals surface area contributed by atoms with Crippen LogP contribution in [0.5, 0.6) is 5.75 Å². The van der Waals surface area contributed by atoms with Crippen molar-refractivity contribution in [1.29, 1.82) is 0 Å². The number of benzene rings is 2. The molecule has 0 saturated heterocycles. The number of aryl methyl sites for hydroxylation is 2. The van der Waals surface area contributed by atoms with Crippen molar-refractivity contribution in [1.82, 2.24) is 10.1 Å². The minimum absolute atomic E-state index is 0.564. The van der Waals surface area contributed by atoms with Gasteiger partial charge in [0.2, 0.25) is 11.7 Å². The number of para-hydroxylation sites is 1. The van der Waals surface area contributed by atoms with E-state index in [1.807, 2.05) is 24.3 Å². The van der Waals surface area contributed by atoms with Gasteiger partial charge in [-0.3, -0.25) is 0 Å². The van der Waals surface area contributed by atoms with E-state index >= 15 is 0 Å². The Labute approximate surface area is 147 Å². The van der Waals surface area contributed by atoms with E-state index in [-0.39, 0.29) is 0 Å². The maximum atomic E-state index is 5.50. The van der Waals surface area contributed by atoms with Gasteiger partial charge in [-0.2, -0.15) is 4.98 Å². The Morgan fingerprint density at radius 1 is 1.20 bits per heavy atom. The Kier molecular flexibility index (Phi) is 4.14. The number of hydrogen-bond donors (Lipinski definition) is 0. The second kappa shape index (κ2) is 6.59. The molecule has 1 aliphatic rings. The first-order chi connectivity index (χ1) is 12.2. The number of anilines is 1. The van der Waals surface area contributed by atoms with Crippen LogP contribution in [0.4, 0.5) is 5.69 Å². The summed E-state index contributed by atoms with van der Waals surface area (Å²) in [6.45, 7) is 3.76. The third-order valence-electron chi connectivity index (χ3n) is 4.59. The van der Waals surface area contributed by atoms with Crippen molar-refractivity contribution in [2.24, 2.45) is 0 Å². The number of hydrogen-bond acceptors (Lipinski definition) is 5. The van der Waals surface area contributed by atoms with Crippen LogP contribution in [0.2, 0.25) is 0 Å². The molecule has 1 aliphatic heterocycles. The van der Waals surface area contributed by atoms with Gasteiger partial charge in [0.05, 0.1) is 19.2 Å². The van der Waals surface area contributed by atoms with Crippen LogP contribution in [-0.4, -0.2) is 23.8 Å². The van der Waals surface area contributed by atoms with Crippen molar-refractivity contribution < 1.29 is 9.26 Å². The molecule has 128 valence electrons. The zero-order chi connectivity index (χ0) is 17.2. The lowest BCUT2D eigenvalue weighted by atomic mass is 10.00. The van der Waals surface area contributed by atoms with Crippen LogP contribution in [0.1, 0.15) is 23.4 Å². The van der Waals surface area contributed by atoms with Gasteiger partial charge in [-0.15, -0.1) is 0 Å². The van der Waals surface area contributed by atoms with Crippen molar-refractivity contribution in [3.8, 4) is 17.1 Å². The van der Waals surface area contributed by atoms with Crippen LogP contribution in [0.25, 0.3) is 11.4 Å². The van der Waals surface area contributed by atoms with Gasteiger partial charge in [-0.05, 0) is 43.5 Å². The summed E-state index contributed by atoms with van der Waals surface area (Å²) in [5.74, 6) is 1.93. The van der Waals surface area contributed by atoms with E-state index in [1.165, 1.54) is 16.8 Å². The summed E-state index contributed by atoms with van der Waals surface area (Å²) in [6.07, 6.45) is 2.27. The van der Waals surface area contributed by atoms with E-state index in [1.54, 1.807) is 7.11 Å². The van der Waals surface area contributed by atoms with Crippen LogP contribution in [0.3, 0.4) is 0 Å². The van der Waals surface area contributed by atoms with E-state index in [0.29, 0.717) is 18.3 Å². The lowest BCUT2D eigenvalue weighted by molar-refractivity contribution is 0.374. The van der Waals surface area contributed by atoms with Crippen molar-refractivity contribution in [2.45, 2.75) is 26.3 Å².